The van der Waals surface area contributed by atoms with Gasteiger partial charge in [0.25, 0.3) is 0 Å². The van der Waals surface area contributed by atoms with Gasteiger partial charge in [-0.2, -0.15) is 0 Å². The number of hydrogen-bond acceptors (Lipinski definition) is 4. The van der Waals surface area contributed by atoms with E-state index in [1.807, 2.05) is 32.0 Å². The molecule has 1 atom stereocenters. The molecule has 30 heavy (non-hydrogen) atoms. The normalized spacial score (nSPS) is 13.3. The first-order chi connectivity index (χ1) is 14.3. The van der Waals surface area contributed by atoms with Gasteiger partial charge in [-0.1, -0.05) is 30.3 Å². The number of fused-ring (bicyclic) bond motifs is 2. The topological polar surface area (TPSA) is 75.3 Å². The van der Waals surface area contributed by atoms with Gasteiger partial charge in [0.15, 0.2) is 11.6 Å². The van der Waals surface area contributed by atoms with Crippen molar-refractivity contribution >= 4 is 28.8 Å². The van der Waals surface area contributed by atoms with E-state index in [9.17, 15) is 14.4 Å². The van der Waals surface area contributed by atoms with E-state index in [2.05, 4.69) is 10.6 Å². The Bertz CT molecular complexity index is 1200. The fourth-order valence-corrected chi connectivity index (χ4v) is 3.57. The lowest BCUT2D eigenvalue weighted by Gasteiger charge is -2.19. The molecule has 3 aromatic rings. The van der Waals surface area contributed by atoms with Crippen molar-refractivity contribution in [2.24, 2.45) is 0 Å². The van der Waals surface area contributed by atoms with Crippen LogP contribution in [-0.4, -0.2) is 23.5 Å². The van der Waals surface area contributed by atoms with Crippen LogP contribution in [0.1, 0.15) is 49.9 Å². The average Bonchev–Trinajstić information content (AvgIpc) is 2.74. The van der Waals surface area contributed by atoms with E-state index in [0.717, 1.165) is 11.3 Å². The second kappa shape index (κ2) is 7.59. The summed E-state index contributed by atoms with van der Waals surface area (Å²) in [6, 6.07) is 17.1. The summed E-state index contributed by atoms with van der Waals surface area (Å²) in [4.78, 5) is 38.2. The van der Waals surface area contributed by atoms with Gasteiger partial charge in [0, 0.05) is 33.6 Å². The summed E-state index contributed by atoms with van der Waals surface area (Å²) in [7, 11) is 0. The number of rotatable bonds is 4. The molecule has 0 radical (unpaired) electrons. The lowest BCUT2D eigenvalue weighted by atomic mass is 9.84. The molecule has 150 valence electrons. The minimum Gasteiger partial charge on any atom is -0.374 e. The van der Waals surface area contributed by atoms with Gasteiger partial charge in [-0.25, -0.2) is 0 Å². The number of ketones is 2. The van der Waals surface area contributed by atoms with Crippen molar-refractivity contribution in [2.45, 2.75) is 26.8 Å². The van der Waals surface area contributed by atoms with Gasteiger partial charge in [-0.3, -0.25) is 14.4 Å². The molecule has 5 nitrogen and oxygen atoms in total. The Kier molecular flexibility index (Phi) is 4.96. The number of carbonyl (C=O) groups is 3. The Labute approximate surface area is 175 Å². The third-order valence-corrected chi connectivity index (χ3v) is 5.48. The summed E-state index contributed by atoms with van der Waals surface area (Å²) in [5.74, 6) is -0.622. The first-order valence-corrected chi connectivity index (χ1v) is 9.82. The third kappa shape index (κ3) is 3.50. The molecule has 0 fully saturated rings. The predicted molar refractivity (Wildman–Crippen MR) is 117 cm³/mol. The molecule has 0 aliphatic heterocycles. The highest BCUT2D eigenvalue weighted by Gasteiger charge is 2.29. The summed E-state index contributed by atoms with van der Waals surface area (Å²) < 4.78 is 0. The van der Waals surface area contributed by atoms with Crippen LogP contribution in [0, 0.1) is 13.8 Å². The van der Waals surface area contributed by atoms with Crippen LogP contribution in [0.2, 0.25) is 0 Å². The van der Waals surface area contributed by atoms with Crippen LogP contribution in [0.5, 0.6) is 0 Å². The van der Waals surface area contributed by atoms with E-state index in [1.165, 1.54) is 5.56 Å². The lowest BCUT2D eigenvalue weighted by Crippen LogP contribution is -2.32. The van der Waals surface area contributed by atoms with Gasteiger partial charge >= 0.3 is 0 Å². The van der Waals surface area contributed by atoms with Crippen LogP contribution >= 0.6 is 0 Å². The van der Waals surface area contributed by atoms with E-state index in [4.69, 9.17) is 0 Å². The molecule has 1 amide bonds. The van der Waals surface area contributed by atoms with Crippen LogP contribution < -0.4 is 10.6 Å². The van der Waals surface area contributed by atoms with Gasteiger partial charge in [-0.05, 0) is 62.2 Å². The maximum absolute atomic E-state index is 12.8. The van der Waals surface area contributed by atoms with E-state index in [0.29, 0.717) is 27.9 Å². The first-order valence-electron chi connectivity index (χ1n) is 9.82. The minimum absolute atomic E-state index is 0.178. The first kappa shape index (κ1) is 19.6. The average molecular weight is 398 g/mol. The lowest BCUT2D eigenvalue weighted by molar-refractivity contribution is -0.116. The number of nitrogens with one attached hydrogen (secondary N) is 2. The highest BCUT2D eigenvalue weighted by molar-refractivity contribution is 6.28. The molecule has 3 aromatic carbocycles. The van der Waals surface area contributed by atoms with Crippen molar-refractivity contribution < 1.29 is 14.4 Å². The summed E-state index contributed by atoms with van der Waals surface area (Å²) in [6.45, 7) is 5.83. The molecular formula is C25H22N2O3. The minimum atomic E-state index is -0.485. The van der Waals surface area contributed by atoms with Crippen LogP contribution in [-0.2, 0) is 4.79 Å². The highest BCUT2D eigenvalue weighted by Crippen LogP contribution is 2.29. The smallest absolute Gasteiger partial charge is 0.246 e. The Balaban J connectivity index is 1.53. The van der Waals surface area contributed by atoms with Gasteiger partial charge < -0.3 is 10.6 Å². The molecule has 5 heteroatoms. The molecule has 0 spiro atoms. The molecular weight excluding hydrogens is 376 g/mol. The van der Waals surface area contributed by atoms with Crippen LogP contribution in [0.3, 0.4) is 0 Å². The third-order valence-electron chi connectivity index (χ3n) is 5.48. The molecule has 0 bridgehead atoms. The number of carbonyl (C=O) groups excluding carboxylic acids is 3. The van der Waals surface area contributed by atoms with E-state index < -0.39 is 6.04 Å². The largest absolute Gasteiger partial charge is 0.374 e. The van der Waals surface area contributed by atoms with Crippen molar-refractivity contribution in [3.05, 3.63) is 94.0 Å². The maximum atomic E-state index is 12.8. The molecule has 0 aromatic heterocycles. The van der Waals surface area contributed by atoms with E-state index in [-0.39, 0.29) is 17.5 Å². The van der Waals surface area contributed by atoms with Crippen LogP contribution in [0.4, 0.5) is 11.4 Å². The SMILES string of the molecule is Cc1ccc(NC(C)C(=O)Nc2ccc3c(c2)C(=O)c2ccccc2C3=O)cc1C. The van der Waals surface area contributed by atoms with E-state index >= 15 is 0 Å². The number of aryl methyl sites for hydroxylation is 2. The number of benzene rings is 3. The van der Waals surface area contributed by atoms with Crippen molar-refractivity contribution in [1.82, 2.24) is 0 Å². The number of anilines is 2. The summed E-state index contributed by atoms with van der Waals surface area (Å²) in [6.07, 6.45) is 0. The zero-order valence-corrected chi connectivity index (χ0v) is 17.1. The molecule has 0 saturated carbocycles. The quantitative estimate of drug-likeness (QED) is 0.530. The van der Waals surface area contributed by atoms with Gasteiger partial charge in [-0.15, -0.1) is 0 Å². The van der Waals surface area contributed by atoms with Crippen molar-refractivity contribution in [3.8, 4) is 0 Å². The predicted octanol–water partition coefficient (Wildman–Crippen LogP) is 4.52. The molecule has 2 N–H and O–H groups in total. The maximum Gasteiger partial charge on any atom is 0.246 e. The Morgan fingerprint density at radius 2 is 1.33 bits per heavy atom. The number of hydrogen-bond donors (Lipinski definition) is 2. The Hall–Kier alpha value is -3.73. The van der Waals surface area contributed by atoms with Crippen LogP contribution in [0.25, 0.3) is 0 Å². The van der Waals surface area contributed by atoms with Crippen molar-refractivity contribution in [2.75, 3.05) is 10.6 Å². The van der Waals surface area contributed by atoms with Crippen molar-refractivity contribution in [1.29, 1.82) is 0 Å². The number of amides is 1. The van der Waals surface area contributed by atoms with Crippen molar-refractivity contribution in [3.63, 3.8) is 0 Å². The zero-order chi connectivity index (χ0) is 21.4. The summed E-state index contributed by atoms with van der Waals surface area (Å²) >= 11 is 0. The Morgan fingerprint density at radius 1 is 0.733 bits per heavy atom. The molecule has 0 heterocycles. The molecule has 1 aliphatic carbocycles. The summed E-state index contributed by atoms with van der Waals surface area (Å²) in [5, 5.41) is 6.02. The zero-order valence-electron chi connectivity index (χ0n) is 17.1. The second-order valence-electron chi connectivity index (χ2n) is 7.62. The van der Waals surface area contributed by atoms with Gasteiger partial charge in [0.1, 0.15) is 6.04 Å². The monoisotopic (exact) mass is 398 g/mol. The summed E-state index contributed by atoms with van der Waals surface area (Å²) in [5.41, 5.74) is 5.15. The fourth-order valence-electron chi connectivity index (χ4n) is 3.57. The standard InChI is InChI=1S/C25H22N2O3/c1-14-8-9-17(12-15(14)2)26-16(3)25(30)27-18-10-11-21-22(13-18)24(29)20-7-5-4-6-19(20)23(21)28/h4-13,16,26H,1-3H3,(H,27,30). The second-order valence-corrected chi connectivity index (χ2v) is 7.62. The fraction of sp³-hybridized carbons (Fsp3) is 0.160. The molecule has 4 rings (SSSR count). The molecule has 1 unspecified atom stereocenters. The van der Waals surface area contributed by atoms with Gasteiger partial charge in [0.2, 0.25) is 5.91 Å². The highest BCUT2D eigenvalue weighted by atomic mass is 16.2. The Morgan fingerprint density at radius 3 is 2.00 bits per heavy atom. The molecule has 1 aliphatic rings. The molecule has 0 saturated heterocycles. The van der Waals surface area contributed by atoms with E-state index in [1.54, 1.807) is 49.4 Å². The van der Waals surface area contributed by atoms with Gasteiger partial charge in [0.05, 0.1) is 0 Å². The van der Waals surface area contributed by atoms with Crippen LogP contribution in [0.15, 0.2) is 60.7 Å².